The lowest BCUT2D eigenvalue weighted by molar-refractivity contribution is -0.130. The molecule has 0 radical (unpaired) electrons. The van der Waals surface area contributed by atoms with Gasteiger partial charge in [-0.1, -0.05) is 32.6 Å². The number of carbonyl (C=O) groups excluding carboxylic acids is 1. The molecule has 1 N–H and O–H groups in total. The van der Waals surface area contributed by atoms with Gasteiger partial charge in [0.25, 0.3) is 0 Å². The first kappa shape index (κ1) is 13.5. The molecule has 1 saturated carbocycles. The third-order valence-electron chi connectivity index (χ3n) is 3.83. The summed E-state index contributed by atoms with van der Waals surface area (Å²) >= 11 is 0. The van der Waals surface area contributed by atoms with Crippen LogP contribution in [0.2, 0.25) is 0 Å². The summed E-state index contributed by atoms with van der Waals surface area (Å²) < 4.78 is 0. The van der Waals surface area contributed by atoms with Gasteiger partial charge in [0.15, 0.2) is 0 Å². The molecule has 1 saturated heterocycles. The number of hydrogen-bond donors (Lipinski definition) is 1. The number of aliphatic hydroxyl groups is 1. The maximum absolute atomic E-state index is 11.8. The maximum Gasteiger partial charge on any atom is 0.223 e. The molecule has 0 aromatic carbocycles. The van der Waals surface area contributed by atoms with Crippen molar-refractivity contribution in [1.82, 2.24) is 4.90 Å². The molecule has 94 valence electrons. The van der Waals surface area contributed by atoms with Gasteiger partial charge in [0.1, 0.15) is 0 Å². The predicted octanol–water partition coefficient (Wildman–Crippen LogP) is 2.19. The Balaban J connectivity index is 0.000000606. The van der Waals surface area contributed by atoms with Crippen LogP contribution in [0.5, 0.6) is 0 Å². The molecular formula is C13H25NO2. The molecule has 2 rings (SSSR count). The Morgan fingerprint density at radius 3 is 2.38 bits per heavy atom. The number of hydrogen-bond acceptors (Lipinski definition) is 2. The van der Waals surface area contributed by atoms with Crippen molar-refractivity contribution in [3.8, 4) is 0 Å². The third-order valence-corrected chi connectivity index (χ3v) is 3.83. The molecule has 1 amide bonds. The zero-order valence-corrected chi connectivity index (χ0v) is 10.6. The van der Waals surface area contributed by atoms with E-state index in [4.69, 9.17) is 5.11 Å². The molecule has 0 aromatic rings. The Morgan fingerprint density at radius 1 is 1.25 bits per heavy atom. The highest BCUT2D eigenvalue weighted by Crippen LogP contribution is 2.29. The van der Waals surface area contributed by atoms with Crippen LogP contribution in [0, 0.1) is 5.92 Å². The second-order valence-corrected chi connectivity index (χ2v) is 4.82. The molecule has 16 heavy (non-hydrogen) atoms. The summed E-state index contributed by atoms with van der Waals surface area (Å²) in [6, 6.07) is 0.591. The van der Waals surface area contributed by atoms with Crippen LogP contribution in [0.25, 0.3) is 0 Å². The minimum atomic E-state index is 0.420. The first-order chi connectivity index (χ1) is 7.81. The van der Waals surface area contributed by atoms with E-state index in [0.29, 0.717) is 17.9 Å². The van der Waals surface area contributed by atoms with E-state index in [1.54, 1.807) is 0 Å². The SMILES string of the molecule is CCC1CC(=O)N(C2CCCCC2)C1.CO. The summed E-state index contributed by atoms with van der Waals surface area (Å²) in [6.07, 6.45) is 8.50. The Labute approximate surface area is 98.8 Å². The molecule has 1 unspecified atom stereocenters. The van der Waals surface area contributed by atoms with E-state index < -0.39 is 0 Å². The van der Waals surface area contributed by atoms with E-state index in [1.807, 2.05) is 0 Å². The van der Waals surface area contributed by atoms with Gasteiger partial charge in [-0.25, -0.2) is 0 Å². The number of amides is 1. The summed E-state index contributed by atoms with van der Waals surface area (Å²) in [5, 5.41) is 7.00. The minimum absolute atomic E-state index is 0.420. The Kier molecular flexibility index (Phi) is 5.81. The summed E-state index contributed by atoms with van der Waals surface area (Å²) in [5.74, 6) is 1.06. The number of likely N-dealkylation sites (tertiary alicyclic amines) is 1. The molecule has 3 nitrogen and oxygen atoms in total. The van der Waals surface area contributed by atoms with Crippen molar-refractivity contribution in [2.75, 3.05) is 13.7 Å². The second-order valence-electron chi connectivity index (χ2n) is 4.82. The van der Waals surface area contributed by atoms with Crippen LogP contribution >= 0.6 is 0 Å². The lowest BCUT2D eigenvalue weighted by Gasteiger charge is -2.31. The van der Waals surface area contributed by atoms with Crippen LogP contribution < -0.4 is 0 Å². The highest BCUT2D eigenvalue weighted by Gasteiger charge is 2.33. The molecule has 0 aromatic heterocycles. The van der Waals surface area contributed by atoms with Crippen molar-refractivity contribution in [2.24, 2.45) is 5.92 Å². The van der Waals surface area contributed by atoms with Gasteiger partial charge < -0.3 is 10.0 Å². The average Bonchev–Trinajstić information content (AvgIpc) is 2.74. The fraction of sp³-hybridized carbons (Fsp3) is 0.923. The van der Waals surface area contributed by atoms with Crippen LogP contribution in [0.3, 0.4) is 0 Å². The highest BCUT2D eigenvalue weighted by atomic mass is 16.2. The van der Waals surface area contributed by atoms with Crippen molar-refractivity contribution >= 4 is 5.91 Å². The maximum atomic E-state index is 11.8. The average molecular weight is 227 g/mol. The van der Waals surface area contributed by atoms with Crippen LogP contribution in [0.15, 0.2) is 0 Å². The van der Waals surface area contributed by atoms with E-state index in [2.05, 4.69) is 11.8 Å². The molecule has 0 bridgehead atoms. The number of nitrogens with zero attached hydrogens (tertiary/aromatic N) is 1. The van der Waals surface area contributed by atoms with E-state index in [1.165, 1.54) is 32.1 Å². The van der Waals surface area contributed by atoms with Gasteiger partial charge in [-0.2, -0.15) is 0 Å². The summed E-state index contributed by atoms with van der Waals surface area (Å²) in [5.41, 5.74) is 0. The largest absolute Gasteiger partial charge is 0.400 e. The van der Waals surface area contributed by atoms with Crippen LogP contribution in [0.1, 0.15) is 51.9 Å². The summed E-state index contributed by atoms with van der Waals surface area (Å²) in [6.45, 7) is 3.24. The molecule has 1 aliphatic carbocycles. The lowest BCUT2D eigenvalue weighted by Crippen LogP contribution is -2.37. The molecule has 1 heterocycles. The zero-order chi connectivity index (χ0) is 12.0. The molecule has 2 fully saturated rings. The fourth-order valence-electron chi connectivity index (χ4n) is 2.83. The molecule has 2 aliphatic rings. The number of rotatable bonds is 2. The molecular weight excluding hydrogens is 202 g/mol. The van der Waals surface area contributed by atoms with Crippen LogP contribution in [-0.4, -0.2) is 35.6 Å². The van der Waals surface area contributed by atoms with Gasteiger partial charge in [-0.3, -0.25) is 4.79 Å². The summed E-state index contributed by atoms with van der Waals surface area (Å²) in [7, 11) is 1.00. The van der Waals surface area contributed by atoms with E-state index in [0.717, 1.165) is 26.5 Å². The lowest BCUT2D eigenvalue weighted by atomic mass is 9.94. The molecule has 1 aliphatic heterocycles. The number of carbonyl (C=O) groups is 1. The van der Waals surface area contributed by atoms with E-state index >= 15 is 0 Å². The highest BCUT2D eigenvalue weighted by molar-refractivity contribution is 5.79. The van der Waals surface area contributed by atoms with Crippen LogP contribution in [0.4, 0.5) is 0 Å². The van der Waals surface area contributed by atoms with Gasteiger partial charge in [0.2, 0.25) is 5.91 Å². The molecule has 0 spiro atoms. The first-order valence-corrected chi connectivity index (χ1v) is 6.55. The quantitative estimate of drug-likeness (QED) is 0.785. The van der Waals surface area contributed by atoms with E-state index in [-0.39, 0.29) is 0 Å². The minimum Gasteiger partial charge on any atom is -0.400 e. The predicted molar refractivity (Wildman–Crippen MR) is 65.1 cm³/mol. The van der Waals surface area contributed by atoms with Gasteiger partial charge in [0.05, 0.1) is 0 Å². The van der Waals surface area contributed by atoms with Crippen molar-refractivity contribution in [1.29, 1.82) is 0 Å². The van der Waals surface area contributed by atoms with Crippen LogP contribution in [-0.2, 0) is 4.79 Å². The van der Waals surface area contributed by atoms with Crippen molar-refractivity contribution in [3.05, 3.63) is 0 Å². The Hall–Kier alpha value is -0.570. The van der Waals surface area contributed by atoms with Gasteiger partial charge in [0, 0.05) is 26.1 Å². The van der Waals surface area contributed by atoms with Crippen molar-refractivity contribution in [3.63, 3.8) is 0 Å². The number of aliphatic hydroxyl groups excluding tert-OH is 1. The molecule has 1 atom stereocenters. The third kappa shape index (κ3) is 3.21. The van der Waals surface area contributed by atoms with Gasteiger partial charge in [-0.05, 0) is 18.8 Å². The topological polar surface area (TPSA) is 40.5 Å². The van der Waals surface area contributed by atoms with E-state index in [9.17, 15) is 4.79 Å². The Morgan fingerprint density at radius 2 is 1.88 bits per heavy atom. The van der Waals surface area contributed by atoms with Crippen molar-refractivity contribution in [2.45, 2.75) is 57.9 Å². The van der Waals surface area contributed by atoms with Crippen molar-refractivity contribution < 1.29 is 9.90 Å². The van der Waals surface area contributed by atoms with Gasteiger partial charge >= 0.3 is 0 Å². The van der Waals surface area contributed by atoms with Gasteiger partial charge in [-0.15, -0.1) is 0 Å². The first-order valence-electron chi connectivity index (χ1n) is 6.55. The fourth-order valence-corrected chi connectivity index (χ4v) is 2.83. The second kappa shape index (κ2) is 6.89. The normalized spacial score (nSPS) is 26.6. The zero-order valence-electron chi connectivity index (χ0n) is 10.6. The Bertz CT molecular complexity index is 212. The standard InChI is InChI=1S/C12H21NO.CH4O/c1-2-10-8-12(14)13(9-10)11-6-4-3-5-7-11;1-2/h10-11H,2-9H2,1H3;2H,1H3. The summed E-state index contributed by atoms with van der Waals surface area (Å²) in [4.78, 5) is 13.9. The molecule has 3 heteroatoms. The smallest absolute Gasteiger partial charge is 0.223 e. The monoisotopic (exact) mass is 227 g/mol.